The quantitative estimate of drug-likeness (QED) is 0.277. The van der Waals surface area contributed by atoms with E-state index in [0.29, 0.717) is 0 Å². The summed E-state index contributed by atoms with van der Waals surface area (Å²) >= 11 is 0. The standard InChI is InChI=1S/C15H30N2O11P2/c1-7-25-29(21,26-8-2)11(13(18)23-5)16-15(20)17-12(14(19)24-6)30(22,27-9-3)28-10-4/h11-12H,7-10H2,1-6H3,(H2,16,17,20). The van der Waals surface area contributed by atoms with Crippen LogP contribution in [-0.2, 0) is 46.3 Å². The summed E-state index contributed by atoms with van der Waals surface area (Å²) in [5, 5.41) is 4.13. The van der Waals surface area contributed by atoms with Crippen LogP contribution in [0.1, 0.15) is 27.7 Å². The van der Waals surface area contributed by atoms with Crippen LogP contribution in [0.2, 0.25) is 0 Å². The molecule has 2 amide bonds. The average Bonchev–Trinajstić information content (AvgIpc) is 2.69. The summed E-state index contributed by atoms with van der Waals surface area (Å²) in [6, 6.07) is -1.22. The van der Waals surface area contributed by atoms with E-state index >= 15 is 0 Å². The van der Waals surface area contributed by atoms with E-state index in [1.807, 2.05) is 0 Å². The van der Waals surface area contributed by atoms with Crippen molar-refractivity contribution in [3.05, 3.63) is 0 Å². The highest BCUT2D eigenvalue weighted by atomic mass is 31.2. The number of methoxy groups -OCH3 is 2. The monoisotopic (exact) mass is 476 g/mol. The van der Waals surface area contributed by atoms with Gasteiger partial charge in [-0.25, -0.2) is 14.4 Å². The average molecular weight is 476 g/mol. The van der Waals surface area contributed by atoms with Crippen LogP contribution in [-0.4, -0.2) is 70.2 Å². The van der Waals surface area contributed by atoms with Crippen molar-refractivity contribution in [2.75, 3.05) is 40.6 Å². The summed E-state index contributed by atoms with van der Waals surface area (Å²) in [5.41, 5.74) is 0. The maximum Gasteiger partial charge on any atom is 0.364 e. The second kappa shape index (κ2) is 13.7. The first-order valence-corrected chi connectivity index (χ1v) is 12.3. The van der Waals surface area contributed by atoms with Crippen molar-refractivity contribution in [2.45, 2.75) is 39.3 Å². The summed E-state index contributed by atoms with van der Waals surface area (Å²) in [7, 11) is -6.37. The smallest absolute Gasteiger partial charge is 0.364 e. The second-order valence-corrected chi connectivity index (χ2v) is 9.44. The summed E-state index contributed by atoms with van der Waals surface area (Å²) in [4.78, 5) is 36.8. The van der Waals surface area contributed by atoms with E-state index in [1.165, 1.54) is 27.7 Å². The molecule has 13 nitrogen and oxygen atoms in total. The van der Waals surface area contributed by atoms with Gasteiger partial charge in [-0.1, -0.05) is 0 Å². The third-order valence-electron chi connectivity index (χ3n) is 3.25. The number of hydrogen-bond acceptors (Lipinski definition) is 11. The number of ether oxygens (including phenoxy) is 2. The van der Waals surface area contributed by atoms with Gasteiger partial charge >= 0.3 is 33.2 Å². The van der Waals surface area contributed by atoms with Crippen LogP contribution in [0, 0.1) is 0 Å². The van der Waals surface area contributed by atoms with Gasteiger partial charge in [-0.15, -0.1) is 0 Å². The zero-order valence-corrected chi connectivity index (χ0v) is 19.7. The molecule has 2 N–H and O–H groups in total. The number of hydrogen-bond donors (Lipinski definition) is 2. The van der Waals surface area contributed by atoms with Gasteiger partial charge in [0.05, 0.1) is 40.6 Å². The molecule has 0 fully saturated rings. The number of nitrogens with one attached hydrogen (secondary N) is 2. The molecule has 0 aliphatic carbocycles. The number of carbonyl (C=O) groups is 3. The lowest BCUT2D eigenvalue weighted by Crippen LogP contribution is -2.52. The largest absolute Gasteiger partial charge is 0.467 e. The number of amides is 2. The Labute approximate surface area is 175 Å². The molecule has 2 unspecified atom stereocenters. The van der Waals surface area contributed by atoms with E-state index in [4.69, 9.17) is 18.1 Å². The molecule has 0 bridgehead atoms. The lowest BCUT2D eigenvalue weighted by molar-refractivity contribution is -0.141. The minimum Gasteiger partial charge on any atom is -0.467 e. The molecule has 0 spiro atoms. The van der Waals surface area contributed by atoms with Crippen LogP contribution in [0.5, 0.6) is 0 Å². The number of rotatable bonds is 14. The summed E-state index contributed by atoms with van der Waals surface area (Å²) in [6.45, 7) is 5.65. The normalized spacial score (nSPS) is 13.8. The molecule has 2 atom stereocenters. The molecule has 0 aromatic heterocycles. The summed E-state index contributed by atoms with van der Waals surface area (Å²) in [5.74, 6) is -5.97. The van der Waals surface area contributed by atoms with E-state index in [2.05, 4.69) is 20.1 Å². The lowest BCUT2D eigenvalue weighted by atomic mass is 10.6. The van der Waals surface area contributed by atoms with Crippen LogP contribution >= 0.6 is 15.2 Å². The molecular formula is C15H30N2O11P2. The maximum absolute atomic E-state index is 12.9. The van der Waals surface area contributed by atoms with Crippen LogP contribution in [0.15, 0.2) is 0 Å². The molecule has 176 valence electrons. The fraction of sp³-hybridized carbons (Fsp3) is 0.800. The molecule has 0 aromatic carbocycles. The Hall–Kier alpha value is -1.49. The van der Waals surface area contributed by atoms with E-state index in [9.17, 15) is 23.5 Å². The van der Waals surface area contributed by atoms with E-state index in [1.54, 1.807) is 0 Å². The predicted octanol–water partition coefficient (Wildman–Crippen LogP) is 1.82. The summed E-state index contributed by atoms with van der Waals surface area (Å²) in [6.07, 6.45) is 0. The van der Waals surface area contributed by atoms with Crippen molar-refractivity contribution in [2.24, 2.45) is 0 Å². The number of carbonyl (C=O) groups excluding carboxylic acids is 3. The fourth-order valence-corrected chi connectivity index (χ4v) is 5.60. The van der Waals surface area contributed by atoms with Crippen molar-refractivity contribution in [1.82, 2.24) is 10.6 Å². The van der Waals surface area contributed by atoms with Crippen molar-refractivity contribution in [1.29, 1.82) is 0 Å². The van der Waals surface area contributed by atoms with Gasteiger partial charge in [0.1, 0.15) is 0 Å². The highest BCUT2D eigenvalue weighted by Gasteiger charge is 2.47. The molecular weight excluding hydrogens is 446 g/mol. The van der Waals surface area contributed by atoms with E-state index in [-0.39, 0.29) is 26.4 Å². The Balaban J connectivity index is 5.84. The molecule has 0 aliphatic heterocycles. The van der Waals surface area contributed by atoms with Crippen LogP contribution in [0.25, 0.3) is 0 Å². The van der Waals surface area contributed by atoms with E-state index in [0.717, 1.165) is 14.2 Å². The Morgan fingerprint density at radius 1 is 0.667 bits per heavy atom. The Bertz CT molecular complexity index is 599. The third kappa shape index (κ3) is 7.98. The lowest BCUT2D eigenvalue weighted by Gasteiger charge is -2.27. The first kappa shape index (κ1) is 28.5. The minimum atomic E-state index is -4.19. The van der Waals surface area contributed by atoms with Crippen LogP contribution in [0.4, 0.5) is 4.79 Å². The Morgan fingerprint density at radius 2 is 0.933 bits per heavy atom. The van der Waals surface area contributed by atoms with Gasteiger partial charge in [-0.05, 0) is 27.7 Å². The Morgan fingerprint density at radius 3 is 1.13 bits per heavy atom. The molecule has 0 radical (unpaired) electrons. The molecule has 30 heavy (non-hydrogen) atoms. The van der Waals surface area contributed by atoms with Gasteiger partial charge in [-0.2, -0.15) is 0 Å². The van der Waals surface area contributed by atoms with Crippen molar-refractivity contribution in [3.8, 4) is 0 Å². The second-order valence-electron chi connectivity index (χ2n) is 5.22. The number of esters is 2. The van der Waals surface area contributed by atoms with Gasteiger partial charge in [-0.3, -0.25) is 9.13 Å². The Kier molecular flexibility index (Phi) is 13.1. The number of urea groups is 1. The van der Waals surface area contributed by atoms with Crippen LogP contribution < -0.4 is 10.6 Å². The predicted molar refractivity (Wildman–Crippen MR) is 105 cm³/mol. The zero-order valence-electron chi connectivity index (χ0n) is 17.9. The van der Waals surface area contributed by atoms with Gasteiger partial charge in [0.2, 0.25) is 11.6 Å². The van der Waals surface area contributed by atoms with Gasteiger partial charge in [0.15, 0.2) is 0 Å². The van der Waals surface area contributed by atoms with Gasteiger partial charge < -0.3 is 38.2 Å². The van der Waals surface area contributed by atoms with E-state index < -0.39 is 44.7 Å². The van der Waals surface area contributed by atoms with Crippen LogP contribution in [0.3, 0.4) is 0 Å². The molecule has 0 saturated carbocycles. The maximum atomic E-state index is 12.9. The molecule has 0 saturated heterocycles. The molecule has 0 heterocycles. The molecule has 0 rings (SSSR count). The highest BCUT2D eigenvalue weighted by molar-refractivity contribution is 7.56. The minimum absolute atomic E-state index is 0.0945. The van der Waals surface area contributed by atoms with Crippen molar-refractivity contribution in [3.63, 3.8) is 0 Å². The molecule has 0 aromatic rings. The third-order valence-corrected chi connectivity index (χ3v) is 7.67. The van der Waals surface area contributed by atoms with Crippen molar-refractivity contribution < 1.29 is 51.1 Å². The highest BCUT2D eigenvalue weighted by Crippen LogP contribution is 2.53. The zero-order chi connectivity index (χ0) is 23.4. The molecule has 15 heteroatoms. The first-order valence-electron chi connectivity index (χ1n) is 9.09. The first-order chi connectivity index (χ1) is 14.1. The summed E-state index contributed by atoms with van der Waals surface area (Å²) < 4.78 is 55.3. The van der Waals surface area contributed by atoms with Crippen molar-refractivity contribution >= 4 is 33.2 Å². The fourth-order valence-electron chi connectivity index (χ4n) is 2.14. The SMILES string of the molecule is CCOP(=O)(OCC)C(NC(=O)NC(C(=O)OC)P(=O)(OCC)OCC)C(=O)OC. The van der Waals surface area contributed by atoms with Gasteiger partial charge in [0, 0.05) is 0 Å². The van der Waals surface area contributed by atoms with Gasteiger partial charge in [0.25, 0.3) is 0 Å². The molecule has 0 aliphatic rings. The topological polar surface area (TPSA) is 165 Å².